The maximum Gasteiger partial charge on any atom is 0.228 e. The fourth-order valence-corrected chi connectivity index (χ4v) is 4.75. The van der Waals surface area contributed by atoms with Crippen molar-refractivity contribution >= 4 is 33.4 Å². The molecule has 4 nitrogen and oxygen atoms in total. The van der Waals surface area contributed by atoms with E-state index in [1.54, 1.807) is 4.90 Å². The summed E-state index contributed by atoms with van der Waals surface area (Å²) in [5.41, 5.74) is 2.16. The minimum atomic E-state index is -0.249. The van der Waals surface area contributed by atoms with Gasteiger partial charge in [0.1, 0.15) is 0 Å². The molecule has 2 atom stereocenters. The molecule has 0 aliphatic carbocycles. The zero-order valence-electron chi connectivity index (χ0n) is 15.9. The van der Waals surface area contributed by atoms with Crippen LogP contribution in [0.1, 0.15) is 37.2 Å². The summed E-state index contributed by atoms with van der Waals surface area (Å²) in [6.45, 7) is 2.02. The van der Waals surface area contributed by atoms with Crippen molar-refractivity contribution in [3.05, 3.63) is 64.6 Å². The average Bonchev–Trinajstić information content (AvgIpc) is 2.94. The number of carbonyl (C=O) groups excluding carboxylic acids is 2. The smallest absolute Gasteiger partial charge is 0.228 e. The zero-order chi connectivity index (χ0) is 19.5. The van der Waals surface area contributed by atoms with Crippen molar-refractivity contribution in [3.63, 3.8) is 0 Å². The Hall–Kier alpha value is -2.14. The summed E-state index contributed by atoms with van der Waals surface area (Å²) in [5.74, 6) is 0.298. The number of halogens is 1. The standard InChI is InChI=1S/C23H25BrN2O2/c24-20-10-6-11-21(14-20)26-16-19(13-22(26)27)23(28)25-12-5-4-9-18(15-25)17-7-2-1-3-8-17/h1-3,6-8,10-11,14,18-19H,4-5,9,12-13,15-16H2. The molecule has 2 aliphatic heterocycles. The van der Waals surface area contributed by atoms with E-state index >= 15 is 0 Å². The lowest BCUT2D eigenvalue weighted by Gasteiger charge is -2.27. The SMILES string of the molecule is O=C(C1CC(=O)N(c2cccc(Br)c2)C1)N1CCCCC(c2ccccc2)C1. The predicted molar refractivity (Wildman–Crippen MR) is 114 cm³/mol. The fourth-order valence-electron chi connectivity index (χ4n) is 4.36. The molecule has 28 heavy (non-hydrogen) atoms. The molecule has 0 aromatic heterocycles. The number of hydrogen-bond donors (Lipinski definition) is 0. The second-order valence-electron chi connectivity index (χ2n) is 7.77. The minimum Gasteiger partial charge on any atom is -0.342 e. The molecule has 2 unspecified atom stereocenters. The Morgan fingerprint density at radius 3 is 2.61 bits per heavy atom. The number of likely N-dealkylation sites (tertiary alicyclic amines) is 1. The van der Waals surface area contributed by atoms with E-state index in [9.17, 15) is 9.59 Å². The van der Waals surface area contributed by atoms with Gasteiger partial charge in [-0.05, 0) is 36.6 Å². The van der Waals surface area contributed by atoms with Crippen LogP contribution in [0.15, 0.2) is 59.1 Å². The third-order valence-corrected chi connectivity index (χ3v) is 6.34. The predicted octanol–water partition coefficient (Wildman–Crippen LogP) is 4.60. The van der Waals surface area contributed by atoms with Gasteiger partial charge in [0.15, 0.2) is 0 Å². The molecule has 0 saturated carbocycles. The van der Waals surface area contributed by atoms with Gasteiger partial charge in [0.2, 0.25) is 11.8 Å². The lowest BCUT2D eigenvalue weighted by Crippen LogP contribution is -2.39. The molecule has 4 rings (SSSR count). The lowest BCUT2D eigenvalue weighted by molar-refractivity contribution is -0.135. The average molecular weight is 441 g/mol. The second kappa shape index (κ2) is 8.48. The van der Waals surface area contributed by atoms with Crippen molar-refractivity contribution in [1.82, 2.24) is 4.90 Å². The molecular weight excluding hydrogens is 416 g/mol. The third kappa shape index (κ3) is 4.14. The van der Waals surface area contributed by atoms with Crippen LogP contribution in [0.5, 0.6) is 0 Å². The highest BCUT2D eigenvalue weighted by molar-refractivity contribution is 9.10. The third-order valence-electron chi connectivity index (χ3n) is 5.85. The zero-order valence-corrected chi connectivity index (χ0v) is 17.5. The molecule has 0 N–H and O–H groups in total. The van der Waals surface area contributed by atoms with Gasteiger partial charge in [0.05, 0.1) is 5.92 Å². The lowest BCUT2D eigenvalue weighted by atomic mass is 9.94. The van der Waals surface area contributed by atoms with Crippen LogP contribution >= 0.6 is 15.9 Å². The normalized spacial score (nSPS) is 23.0. The molecule has 2 heterocycles. The Morgan fingerprint density at radius 2 is 1.82 bits per heavy atom. The van der Waals surface area contributed by atoms with Gasteiger partial charge in [-0.1, -0.05) is 58.7 Å². The van der Waals surface area contributed by atoms with E-state index in [2.05, 4.69) is 40.2 Å². The molecule has 2 saturated heterocycles. The van der Waals surface area contributed by atoms with Crippen molar-refractivity contribution < 1.29 is 9.59 Å². The van der Waals surface area contributed by atoms with E-state index in [-0.39, 0.29) is 17.7 Å². The number of amides is 2. The van der Waals surface area contributed by atoms with E-state index in [4.69, 9.17) is 0 Å². The van der Waals surface area contributed by atoms with Crippen molar-refractivity contribution in [3.8, 4) is 0 Å². The first-order chi connectivity index (χ1) is 13.6. The second-order valence-corrected chi connectivity index (χ2v) is 8.69. The highest BCUT2D eigenvalue weighted by Crippen LogP contribution is 2.31. The summed E-state index contributed by atoms with van der Waals surface area (Å²) >= 11 is 3.46. The van der Waals surface area contributed by atoms with Gasteiger partial charge in [-0.2, -0.15) is 0 Å². The van der Waals surface area contributed by atoms with Gasteiger partial charge in [-0.3, -0.25) is 9.59 Å². The molecule has 2 aliphatic rings. The van der Waals surface area contributed by atoms with Gasteiger partial charge in [0, 0.05) is 42.1 Å². The van der Waals surface area contributed by atoms with Crippen molar-refractivity contribution in [2.45, 2.75) is 31.6 Å². The number of anilines is 1. The molecule has 2 fully saturated rings. The van der Waals surface area contributed by atoms with Crippen LogP contribution < -0.4 is 4.90 Å². The monoisotopic (exact) mass is 440 g/mol. The van der Waals surface area contributed by atoms with E-state index in [1.165, 1.54) is 5.56 Å². The molecule has 0 spiro atoms. The topological polar surface area (TPSA) is 40.6 Å². The van der Waals surface area contributed by atoms with E-state index in [1.807, 2.05) is 35.2 Å². The Bertz CT molecular complexity index is 855. The maximum atomic E-state index is 13.3. The Balaban J connectivity index is 1.47. The summed E-state index contributed by atoms with van der Waals surface area (Å²) in [7, 11) is 0. The minimum absolute atomic E-state index is 0.0332. The van der Waals surface area contributed by atoms with Gasteiger partial charge in [-0.25, -0.2) is 0 Å². The highest BCUT2D eigenvalue weighted by atomic mass is 79.9. The van der Waals surface area contributed by atoms with Gasteiger partial charge >= 0.3 is 0 Å². The first kappa shape index (κ1) is 19.2. The molecule has 2 aromatic rings. The summed E-state index contributed by atoms with van der Waals surface area (Å²) in [4.78, 5) is 29.6. The Labute approximate surface area is 174 Å². The van der Waals surface area contributed by atoms with E-state index < -0.39 is 0 Å². The number of rotatable bonds is 3. The number of benzene rings is 2. The summed E-state index contributed by atoms with van der Waals surface area (Å²) in [5, 5.41) is 0. The largest absolute Gasteiger partial charge is 0.342 e. The first-order valence-electron chi connectivity index (χ1n) is 10.0. The van der Waals surface area contributed by atoms with Gasteiger partial charge in [0.25, 0.3) is 0 Å². The van der Waals surface area contributed by atoms with Crippen LogP contribution in [0.3, 0.4) is 0 Å². The van der Waals surface area contributed by atoms with Crippen LogP contribution in [-0.2, 0) is 9.59 Å². The van der Waals surface area contributed by atoms with Crippen LogP contribution in [0.4, 0.5) is 5.69 Å². The van der Waals surface area contributed by atoms with Crippen LogP contribution in [0, 0.1) is 5.92 Å². The van der Waals surface area contributed by atoms with Crippen LogP contribution in [0.2, 0.25) is 0 Å². The number of carbonyl (C=O) groups is 2. The summed E-state index contributed by atoms with van der Waals surface area (Å²) in [6.07, 6.45) is 3.58. The van der Waals surface area contributed by atoms with E-state index in [0.29, 0.717) is 18.9 Å². The van der Waals surface area contributed by atoms with Crippen molar-refractivity contribution in [2.24, 2.45) is 5.92 Å². The molecular formula is C23H25BrN2O2. The molecule has 146 valence electrons. The molecule has 2 aromatic carbocycles. The van der Waals surface area contributed by atoms with Crippen molar-refractivity contribution in [2.75, 3.05) is 24.5 Å². The van der Waals surface area contributed by atoms with Crippen molar-refractivity contribution in [1.29, 1.82) is 0 Å². The molecule has 2 amide bonds. The van der Waals surface area contributed by atoms with Gasteiger partial charge in [-0.15, -0.1) is 0 Å². The molecule has 0 bridgehead atoms. The Morgan fingerprint density at radius 1 is 1.00 bits per heavy atom. The fraction of sp³-hybridized carbons (Fsp3) is 0.391. The quantitative estimate of drug-likeness (QED) is 0.699. The Kier molecular flexibility index (Phi) is 5.81. The number of hydrogen-bond acceptors (Lipinski definition) is 2. The van der Waals surface area contributed by atoms with Crippen LogP contribution in [-0.4, -0.2) is 36.3 Å². The van der Waals surface area contributed by atoms with Crippen LogP contribution in [0.25, 0.3) is 0 Å². The highest BCUT2D eigenvalue weighted by Gasteiger charge is 2.38. The number of nitrogens with zero attached hydrogens (tertiary/aromatic N) is 2. The van der Waals surface area contributed by atoms with Gasteiger partial charge < -0.3 is 9.80 Å². The summed E-state index contributed by atoms with van der Waals surface area (Å²) < 4.78 is 0.936. The summed E-state index contributed by atoms with van der Waals surface area (Å²) in [6, 6.07) is 18.2. The first-order valence-corrected chi connectivity index (χ1v) is 10.8. The molecule has 0 radical (unpaired) electrons. The maximum absolute atomic E-state index is 13.3. The van der Waals surface area contributed by atoms with E-state index in [0.717, 1.165) is 42.5 Å². The molecule has 5 heteroatoms.